The molecule has 0 aliphatic rings. The standard InChI is InChI=1S/C21H28N2O3/c1-13-17(19(25)26-21(5,6)7)16(12-24)23-18(22-13)14-8-10-15(11-9-14)20(2,3)4/h8-11,24H,12H2,1-7H3. The summed E-state index contributed by atoms with van der Waals surface area (Å²) >= 11 is 0. The van der Waals surface area contributed by atoms with Crippen LogP contribution >= 0.6 is 0 Å². The van der Waals surface area contributed by atoms with E-state index in [-0.39, 0.29) is 23.3 Å². The Bertz CT molecular complexity index is 798. The van der Waals surface area contributed by atoms with Crippen molar-refractivity contribution in [2.24, 2.45) is 0 Å². The fraction of sp³-hybridized carbons (Fsp3) is 0.476. The summed E-state index contributed by atoms with van der Waals surface area (Å²) in [6, 6.07) is 8.02. The number of hydrogen-bond acceptors (Lipinski definition) is 5. The average Bonchev–Trinajstić information content (AvgIpc) is 2.51. The van der Waals surface area contributed by atoms with Gasteiger partial charge in [0.25, 0.3) is 0 Å². The van der Waals surface area contributed by atoms with Crippen molar-refractivity contribution in [3.8, 4) is 11.4 Å². The van der Waals surface area contributed by atoms with Gasteiger partial charge in [-0.05, 0) is 38.7 Å². The Kier molecular flexibility index (Phi) is 5.52. The summed E-state index contributed by atoms with van der Waals surface area (Å²) in [5, 5.41) is 9.71. The van der Waals surface area contributed by atoms with Crippen molar-refractivity contribution in [2.75, 3.05) is 0 Å². The number of benzene rings is 1. The van der Waals surface area contributed by atoms with Crippen molar-refractivity contribution in [1.82, 2.24) is 9.97 Å². The van der Waals surface area contributed by atoms with E-state index in [2.05, 4.69) is 42.9 Å². The third-order valence-corrected chi connectivity index (χ3v) is 3.93. The molecule has 0 radical (unpaired) electrons. The van der Waals surface area contributed by atoms with Crippen molar-refractivity contribution in [2.45, 2.75) is 66.1 Å². The van der Waals surface area contributed by atoms with Crippen LogP contribution in [0.1, 0.15) is 68.9 Å². The van der Waals surface area contributed by atoms with Crippen LogP contribution in [0.5, 0.6) is 0 Å². The van der Waals surface area contributed by atoms with Crippen LogP contribution in [-0.4, -0.2) is 26.6 Å². The second-order valence-electron chi connectivity index (χ2n) is 8.44. The van der Waals surface area contributed by atoms with Crippen molar-refractivity contribution >= 4 is 5.97 Å². The molecule has 140 valence electrons. The summed E-state index contributed by atoms with van der Waals surface area (Å²) in [6.07, 6.45) is 0. The minimum atomic E-state index is -0.627. The second-order valence-corrected chi connectivity index (χ2v) is 8.44. The van der Waals surface area contributed by atoms with Crippen LogP contribution in [0.15, 0.2) is 24.3 Å². The first-order valence-corrected chi connectivity index (χ1v) is 8.75. The maximum absolute atomic E-state index is 12.5. The fourth-order valence-electron chi connectivity index (χ4n) is 2.59. The van der Waals surface area contributed by atoms with Crippen molar-refractivity contribution < 1.29 is 14.6 Å². The van der Waals surface area contributed by atoms with Gasteiger partial charge >= 0.3 is 5.97 Å². The van der Waals surface area contributed by atoms with E-state index in [1.807, 2.05) is 12.1 Å². The summed E-state index contributed by atoms with van der Waals surface area (Å²) < 4.78 is 5.42. The Morgan fingerprint density at radius 1 is 1.04 bits per heavy atom. The quantitative estimate of drug-likeness (QED) is 0.835. The highest BCUT2D eigenvalue weighted by molar-refractivity contribution is 5.92. The molecule has 0 saturated heterocycles. The number of aromatic nitrogens is 2. The molecule has 0 aliphatic carbocycles. The summed E-state index contributed by atoms with van der Waals surface area (Å²) in [7, 11) is 0. The zero-order chi connectivity index (χ0) is 19.7. The number of carbonyl (C=O) groups excluding carboxylic acids is 1. The van der Waals surface area contributed by atoms with Crippen molar-refractivity contribution in [1.29, 1.82) is 0 Å². The molecule has 1 aromatic carbocycles. The molecule has 2 rings (SSSR count). The number of aliphatic hydroxyl groups excluding tert-OH is 1. The number of nitrogens with zero attached hydrogens (tertiary/aromatic N) is 2. The molecular weight excluding hydrogens is 328 g/mol. The van der Waals surface area contributed by atoms with E-state index in [0.29, 0.717) is 11.5 Å². The minimum Gasteiger partial charge on any atom is -0.456 e. The Morgan fingerprint density at radius 3 is 2.08 bits per heavy atom. The van der Waals surface area contributed by atoms with Crippen LogP contribution < -0.4 is 0 Å². The zero-order valence-electron chi connectivity index (χ0n) is 16.7. The van der Waals surface area contributed by atoms with Crippen LogP contribution in [0, 0.1) is 6.92 Å². The van der Waals surface area contributed by atoms with Crippen molar-refractivity contribution in [3.05, 3.63) is 46.8 Å². The number of esters is 1. The smallest absolute Gasteiger partial charge is 0.342 e. The number of carbonyl (C=O) groups is 1. The lowest BCUT2D eigenvalue weighted by molar-refractivity contribution is 0.00644. The molecule has 5 heteroatoms. The van der Waals surface area contributed by atoms with E-state index in [9.17, 15) is 9.90 Å². The molecule has 0 aliphatic heterocycles. The lowest BCUT2D eigenvalue weighted by atomic mass is 9.86. The molecule has 0 amide bonds. The number of ether oxygens (including phenoxy) is 1. The first-order chi connectivity index (χ1) is 11.9. The summed E-state index contributed by atoms with van der Waals surface area (Å²) in [5.41, 5.74) is 2.49. The predicted molar refractivity (Wildman–Crippen MR) is 102 cm³/mol. The third-order valence-electron chi connectivity index (χ3n) is 3.93. The Morgan fingerprint density at radius 2 is 1.62 bits per heavy atom. The molecule has 2 aromatic rings. The molecule has 0 fully saturated rings. The molecule has 0 spiro atoms. The first kappa shape index (κ1) is 20.0. The van der Waals surface area contributed by atoms with Crippen LogP contribution in [0.2, 0.25) is 0 Å². The van der Waals surface area contributed by atoms with Crippen LogP contribution in [0.3, 0.4) is 0 Å². The van der Waals surface area contributed by atoms with Crippen LogP contribution in [-0.2, 0) is 16.8 Å². The molecule has 1 aromatic heterocycles. The summed E-state index contributed by atoms with van der Waals surface area (Å²) in [4.78, 5) is 21.3. The predicted octanol–water partition coefficient (Wildman–Crippen LogP) is 4.20. The van der Waals surface area contributed by atoms with Gasteiger partial charge in [0.15, 0.2) is 5.82 Å². The maximum atomic E-state index is 12.5. The first-order valence-electron chi connectivity index (χ1n) is 8.75. The number of aliphatic hydroxyl groups is 1. The highest BCUT2D eigenvalue weighted by atomic mass is 16.6. The van der Waals surface area contributed by atoms with E-state index in [4.69, 9.17) is 4.74 Å². The second kappa shape index (κ2) is 7.16. The van der Waals surface area contributed by atoms with Crippen LogP contribution in [0.4, 0.5) is 0 Å². The molecule has 1 heterocycles. The molecule has 26 heavy (non-hydrogen) atoms. The van der Waals surface area contributed by atoms with E-state index in [1.54, 1.807) is 27.7 Å². The van der Waals surface area contributed by atoms with E-state index < -0.39 is 11.6 Å². The Balaban J connectivity index is 2.44. The highest BCUT2D eigenvalue weighted by Gasteiger charge is 2.24. The maximum Gasteiger partial charge on any atom is 0.342 e. The molecular formula is C21H28N2O3. The molecule has 1 N–H and O–H groups in total. The van der Waals surface area contributed by atoms with Gasteiger partial charge in [0.05, 0.1) is 18.0 Å². The van der Waals surface area contributed by atoms with Gasteiger partial charge in [0, 0.05) is 5.56 Å². The molecule has 0 saturated carbocycles. The van der Waals surface area contributed by atoms with Gasteiger partial charge in [-0.2, -0.15) is 0 Å². The number of aryl methyl sites for hydroxylation is 1. The van der Waals surface area contributed by atoms with E-state index in [1.165, 1.54) is 5.56 Å². The fourth-order valence-corrected chi connectivity index (χ4v) is 2.59. The van der Waals surface area contributed by atoms with Gasteiger partial charge in [0.1, 0.15) is 11.2 Å². The van der Waals surface area contributed by atoms with Gasteiger partial charge in [0.2, 0.25) is 0 Å². The molecule has 5 nitrogen and oxygen atoms in total. The minimum absolute atomic E-state index is 0.0616. The lowest BCUT2D eigenvalue weighted by Crippen LogP contribution is -2.26. The van der Waals surface area contributed by atoms with Gasteiger partial charge in [-0.1, -0.05) is 45.0 Å². The Hall–Kier alpha value is -2.27. The highest BCUT2D eigenvalue weighted by Crippen LogP contribution is 2.26. The molecule has 0 bridgehead atoms. The van der Waals surface area contributed by atoms with Gasteiger partial charge in [-0.15, -0.1) is 0 Å². The molecule has 0 unspecified atom stereocenters. The van der Waals surface area contributed by atoms with E-state index >= 15 is 0 Å². The monoisotopic (exact) mass is 356 g/mol. The van der Waals surface area contributed by atoms with Crippen LogP contribution in [0.25, 0.3) is 11.4 Å². The topological polar surface area (TPSA) is 72.3 Å². The number of rotatable bonds is 3. The zero-order valence-corrected chi connectivity index (χ0v) is 16.7. The molecule has 0 atom stereocenters. The van der Waals surface area contributed by atoms with Gasteiger partial charge in [-0.25, -0.2) is 14.8 Å². The van der Waals surface area contributed by atoms with Gasteiger partial charge in [-0.3, -0.25) is 0 Å². The summed E-state index contributed by atoms with van der Waals surface area (Å²) in [6.45, 7) is 13.2. The average molecular weight is 356 g/mol. The number of hydrogen-bond donors (Lipinski definition) is 1. The SMILES string of the molecule is Cc1nc(-c2ccc(C(C)(C)C)cc2)nc(CO)c1C(=O)OC(C)(C)C. The third kappa shape index (κ3) is 4.67. The summed E-state index contributed by atoms with van der Waals surface area (Å²) in [5.74, 6) is -0.0343. The van der Waals surface area contributed by atoms with Gasteiger partial charge < -0.3 is 9.84 Å². The largest absolute Gasteiger partial charge is 0.456 e. The normalized spacial score (nSPS) is 12.2. The van der Waals surface area contributed by atoms with Crippen molar-refractivity contribution in [3.63, 3.8) is 0 Å². The Labute approximate surface area is 155 Å². The lowest BCUT2D eigenvalue weighted by Gasteiger charge is -2.21. The van der Waals surface area contributed by atoms with E-state index in [0.717, 1.165) is 5.56 Å².